The van der Waals surface area contributed by atoms with E-state index in [1.165, 1.54) is 31.0 Å². The van der Waals surface area contributed by atoms with Crippen molar-refractivity contribution in [3.05, 3.63) is 48.8 Å². The van der Waals surface area contributed by atoms with Crippen LogP contribution in [0, 0.1) is 0 Å². The highest BCUT2D eigenvalue weighted by Gasteiger charge is 2.21. The van der Waals surface area contributed by atoms with Gasteiger partial charge in [-0.15, -0.1) is 16.8 Å². The SMILES string of the molecule is C=CCn1c(SCC(=O)NC2CCCCC2)nnc1C(C)Oc1ccccc1. The van der Waals surface area contributed by atoms with Crippen molar-refractivity contribution in [3.63, 3.8) is 0 Å². The fourth-order valence-electron chi connectivity index (χ4n) is 3.41. The number of thioether (sulfide) groups is 1. The Morgan fingerprint density at radius 2 is 2.07 bits per heavy atom. The average molecular weight is 401 g/mol. The molecule has 1 aliphatic rings. The van der Waals surface area contributed by atoms with Crippen LogP contribution in [0.2, 0.25) is 0 Å². The second-order valence-corrected chi connectivity index (χ2v) is 7.95. The maximum Gasteiger partial charge on any atom is 0.230 e. The average Bonchev–Trinajstić information content (AvgIpc) is 3.11. The first kappa shape index (κ1) is 20.5. The summed E-state index contributed by atoms with van der Waals surface area (Å²) in [5, 5.41) is 12.4. The van der Waals surface area contributed by atoms with Gasteiger partial charge < -0.3 is 10.1 Å². The summed E-state index contributed by atoms with van der Waals surface area (Å²) in [6.07, 6.45) is 7.39. The Bertz CT molecular complexity index is 772. The molecule has 1 aromatic heterocycles. The van der Waals surface area contributed by atoms with E-state index in [1.54, 1.807) is 6.08 Å². The summed E-state index contributed by atoms with van der Waals surface area (Å²) in [6, 6.07) is 9.96. The normalized spacial score (nSPS) is 15.8. The number of nitrogens with one attached hydrogen (secondary N) is 1. The van der Waals surface area contributed by atoms with Crippen molar-refractivity contribution in [2.45, 2.75) is 62.9 Å². The van der Waals surface area contributed by atoms with Gasteiger partial charge in [-0.05, 0) is 31.9 Å². The molecule has 0 saturated heterocycles. The number of carbonyl (C=O) groups excluding carboxylic acids is 1. The number of hydrogen-bond donors (Lipinski definition) is 1. The van der Waals surface area contributed by atoms with Gasteiger partial charge in [0.05, 0.1) is 5.75 Å². The monoisotopic (exact) mass is 400 g/mol. The zero-order chi connectivity index (χ0) is 19.8. The molecule has 1 unspecified atom stereocenters. The number of ether oxygens (including phenoxy) is 1. The van der Waals surface area contributed by atoms with Gasteiger partial charge in [-0.1, -0.05) is 55.3 Å². The highest BCUT2D eigenvalue weighted by Crippen LogP contribution is 2.25. The smallest absolute Gasteiger partial charge is 0.230 e. The quantitative estimate of drug-likeness (QED) is 0.506. The molecule has 2 aromatic rings. The zero-order valence-corrected chi connectivity index (χ0v) is 17.2. The maximum absolute atomic E-state index is 12.3. The number of benzene rings is 1. The molecule has 7 heteroatoms. The van der Waals surface area contributed by atoms with Crippen LogP contribution >= 0.6 is 11.8 Å². The number of para-hydroxylation sites is 1. The molecule has 150 valence electrons. The highest BCUT2D eigenvalue weighted by atomic mass is 32.2. The van der Waals surface area contributed by atoms with Gasteiger partial charge in [-0.25, -0.2) is 0 Å². The standard InChI is InChI=1S/C21H28N4O2S/c1-3-14-25-20(16(2)27-18-12-8-5-9-13-18)23-24-21(25)28-15-19(26)22-17-10-6-4-7-11-17/h3,5,8-9,12-13,16-17H,1,4,6-7,10-11,14-15H2,2H3,(H,22,26). The second kappa shape index (κ2) is 10.3. The summed E-state index contributed by atoms with van der Waals surface area (Å²) in [5.41, 5.74) is 0. The molecular weight excluding hydrogens is 372 g/mol. The lowest BCUT2D eigenvalue weighted by atomic mass is 9.95. The van der Waals surface area contributed by atoms with E-state index in [0.29, 0.717) is 23.5 Å². The van der Waals surface area contributed by atoms with Crippen molar-refractivity contribution < 1.29 is 9.53 Å². The molecule has 1 aliphatic carbocycles. The molecule has 0 radical (unpaired) electrons. The van der Waals surface area contributed by atoms with E-state index in [9.17, 15) is 4.79 Å². The number of carbonyl (C=O) groups is 1. The van der Waals surface area contributed by atoms with Crippen LogP contribution in [0.5, 0.6) is 5.75 Å². The van der Waals surface area contributed by atoms with Gasteiger partial charge in [0.15, 0.2) is 17.1 Å². The summed E-state index contributed by atoms with van der Waals surface area (Å²) in [7, 11) is 0. The van der Waals surface area contributed by atoms with E-state index >= 15 is 0 Å². The van der Waals surface area contributed by atoms with E-state index in [-0.39, 0.29) is 12.0 Å². The first-order valence-electron chi connectivity index (χ1n) is 9.85. The Hall–Kier alpha value is -2.28. The van der Waals surface area contributed by atoms with Gasteiger partial charge in [0.1, 0.15) is 5.75 Å². The van der Waals surface area contributed by atoms with Crippen molar-refractivity contribution in [1.82, 2.24) is 20.1 Å². The third-order valence-electron chi connectivity index (χ3n) is 4.78. The predicted molar refractivity (Wildman–Crippen MR) is 111 cm³/mol. The number of allylic oxidation sites excluding steroid dienone is 1. The number of hydrogen-bond acceptors (Lipinski definition) is 5. The van der Waals surface area contributed by atoms with Crippen LogP contribution in [0.1, 0.15) is 51.0 Å². The lowest BCUT2D eigenvalue weighted by Crippen LogP contribution is -2.37. The third-order valence-corrected chi connectivity index (χ3v) is 5.75. The molecule has 0 spiro atoms. The summed E-state index contributed by atoms with van der Waals surface area (Å²) < 4.78 is 7.94. The summed E-state index contributed by atoms with van der Waals surface area (Å²) in [5.74, 6) is 1.89. The lowest BCUT2D eigenvalue weighted by molar-refractivity contribution is -0.119. The van der Waals surface area contributed by atoms with E-state index in [0.717, 1.165) is 24.4 Å². The van der Waals surface area contributed by atoms with Gasteiger partial charge in [0.2, 0.25) is 5.91 Å². The molecular formula is C21H28N4O2S. The minimum Gasteiger partial charge on any atom is -0.483 e. The van der Waals surface area contributed by atoms with Crippen LogP contribution in [-0.4, -0.2) is 32.5 Å². The zero-order valence-electron chi connectivity index (χ0n) is 16.3. The van der Waals surface area contributed by atoms with E-state index in [2.05, 4.69) is 22.1 Å². The minimum atomic E-state index is -0.264. The van der Waals surface area contributed by atoms with Crippen molar-refractivity contribution >= 4 is 17.7 Å². The predicted octanol–water partition coefficient (Wildman–Crippen LogP) is 4.15. The third kappa shape index (κ3) is 5.61. The van der Waals surface area contributed by atoms with Gasteiger partial charge in [0.25, 0.3) is 0 Å². The Balaban J connectivity index is 1.61. The molecule has 0 bridgehead atoms. The Kier molecular flexibility index (Phi) is 7.54. The number of rotatable bonds is 9. The Morgan fingerprint density at radius 1 is 1.32 bits per heavy atom. The molecule has 1 amide bonds. The van der Waals surface area contributed by atoms with Gasteiger partial charge in [0, 0.05) is 12.6 Å². The molecule has 1 heterocycles. The molecule has 0 aliphatic heterocycles. The Morgan fingerprint density at radius 3 is 2.79 bits per heavy atom. The van der Waals surface area contributed by atoms with Crippen molar-refractivity contribution in [3.8, 4) is 5.75 Å². The second-order valence-electron chi connectivity index (χ2n) is 7.00. The molecule has 1 saturated carbocycles. The van der Waals surface area contributed by atoms with E-state index in [1.807, 2.05) is 41.8 Å². The fourth-order valence-corrected chi connectivity index (χ4v) is 4.18. The maximum atomic E-state index is 12.3. The van der Waals surface area contributed by atoms with E-state index in [4.69, 9.17) is 4.74 Å². The van der Waals surface area contributed by atoms with Crippen LogP contribution < -0.4 is 10.1 Å². The van der Waals surface area contributed by atoms with Gasteiger partial charge in [-0.3, -0.25) is 9.36 Å². The molecule has 1 atom stereocenters. The summed E-state index contributed by atoms with van der Waals surface area (Å²) >= 11 is 1.40. The van der Waals surface area contributed by atoms with Crippen molar-refractivity contribution in [2.75, 3.05) is 5.75 Å². The molecule has 1 fully saturated rings. The molecule has 6 nitrogen and oxygen atoms in total. The van der Waals surface area contributed by atoms with Crippen LogP contribution in [0.25, 0.3) is 0 Å². The van der Waals surface area contributed by atoms with E-state index < -0.39 is 0 Å². The van der Waals surface area contributed by atoms with Crippen LogP contribution in [0.3, 0.4) is 0 Å². The highest BCUT2D eigenvalue weighted by molar-refractivity contribution is 7.99. The van der Waals surface area contributed by atoms with Crippen LogP contribution in [0.15, 0.2) is 48.1 Å². The topological polar surface area (TPSA) is 69.0 Å². The summed E-state index contributed by atoms with van der Waals surface area (Å²) in [4.78, 5) is 12.3. The van der Waals surface area contributed by atoms with Crippen molar-refractivity contribution in [2.24, 2.45) is 0 Å². The Labute approximate surface area is 170 Å². The first-order valence-corrected chi connectivity index (χ1v) is 10.8. The number of nitrogens with zero attached hydrogens (tertiary/aromatic N) is 3. The van der Waals surface area contributed by atoms with Crippen LogP contribution in [-0.2, 0) is 11.3 Å². The lowest BCUT2D eigenvalue weighted by Gasteiger charge is -2.22. The van der Waals surface area contributed by atoms with Crippen molar-refractivity contribution in [1.29, 1.82) is 0 Å². The first-order chi connectivity index (χ1) is 13.7. The fraction of sp³-hybridized carbons (Fsp3) is 0.476. The number of aromatic nitrogens is 3. The van der Waals surface area contributed by atoms with Crippen LogP contribution in [0.4, 0.5) is 0 Å². The molecule has 3 rings (SSSR count). The molecule has 1 aromatic carbocycles. The number of amides is 1. The van der Waals surface area contributed by atoms with Gasteiger partial charge >= 0.3 is 0 Å². The van der Waals surface area contributed by atoms with Gasteiger partial charge in [-0.2, -0.15) is 0 Å². The summed E-state index contributed by atoms with van der Waals surface area (Å²) in [6.45, 7) is 6.34. The minimum absolute atomic E-state index is 0.0557. The molecule has 1 N–H and O–H groups in total. The largest absolute Gasteiger partial charge is 0.483 e. The molecule has 28 heavy (non-hydrogen) atoms.